The molecule has 0 aliphatic rings. The predicted octanol–water partition coefficient (Wildman–Crippen LogP) is 4.06. The first kappa shape index (κ1) is 18.2. The van der Waals surface area contributed by atoms with Crippen molar-refractivity contribution in [2.45, 2.75) is 44.4 Å². The highest BCUT2D eigenvalue weighted by Gasteiger charge is 2.13. The Bertz CT molecular complexity index is 767. The zero-order valence-electron chi connectivity index (χ0n) is 14.2. The Morgan fingerprint density at radius 2 is 1.71 bits per heavy atom. The first-order chi connectivity index (χ1) is 11.5. The standard InChI is InChI=1S/C19H24N2O2S/c1-3-4-10-18(15-17-8-6-5-7-9-17)20-21-24(22,23)19-13-11-16(2)12-14-19/h5-9,11-14,21H,3-4,10,15H2,1-2H3. The number of sulfonamides is 1. The maximum Gasteiger partial charge on any atom is 0.276 e. The van der Waals surface area contributed by atoms with Crippen LogP contribution in [0.15, 0.2) is 64.6 Å². The Balaban J connectivity index is 2.14. The highest BCUT2D eigenvalue weighted by atomic mass is 32.2. The monoisotopic (exact) mass is 344 g/mol. The summed E-state index contributed by atoms with van der Waals surface area (Å²) in [5, 5.41) is 4.21. The van der Waals surface area contributed by atoms with E-state index in [1.807, 2.05) is 37.3 Å². The van der Waals surface area contributed by atoms with Gasteiger partial charge in [-0.05, 0) is 37.5 Å². The summed E-state index contributed by atoms with van der Waals surface area (Å²) in [6.45, 7) is 4.03. The summed E-state index contributed by atoms with van der Waals surface area (Å²) < 4.78 is 24.7. The number of unbranched alkanes of at least 4 members (excludes halogenated alkanes) is 1. The van der Waals surface area contributed by atoms with Crippen LogP contribution in [0, 0.1) is 6.92 Å². The van der Waals surface area contributed by atoms with E-state index in [4.69, 9.17) is 0 Å². The summed E-state index contributed by atoms with van der Waals surface area (Å²) in [5.74, 6) is 0. The van der Waals surface area contributed by atoms with Gasteiger partial charge in [0, 0.05) is 12.1 Å². The van der Waals surface area contributed by atoms with E-state index in [2.05, 4.69) is 16.9 Å². The lowest BCUT2D eigenvalue weighted by atomic mass is 10.0. The molecule has 0 aliphatic carbocycles. The topological polar surface area (TPSA) is 58.5 Å². The van der Waals surface area contributed by atoms with Crippen LogP contribution in [0.4, 0.5) is 0 Å². The van der Waals surface area contributed by atoms with E-state index in [0.29, 0.717) is 6.42 Å². The molecule has 0 fully saturated rings. The number of nitrogens with one attached hydrogen (secondary N) is 1. The number of aryl methyl sites for hydroxylation is 1. The third-order valence-electron chi connectivity index (χ3n) is 3.73. The van der Waals surface area contributed by atoms with E-state index in [9.17, 15) is 8.42 Å². The van der Waals surface area contributed by atoms with Gasteiger partial charge in [0.2, 0.25) is 0 Å². The van der Waals surface area contributed by atoms with E-state index in [1.165, 1.54) is 0 Å². The second kappa shape index (κ2) is 8.64. The molecule has 0 saturated heterocycles. The van der Waals surface area contributed by atoms with Crippen molar-refractivity contribution in [1.29, 1.82) is 0 Å². The molecule has 0 aliphatic heterocycles. The van der Waals surface area contributed by atoms with Crippen LogP contribution in [0.5, 0.6) is 0 Å². The zero-order valence-corrected chi connectivity index (χ0v) is 15.0. The third-order valence-corrected chi connectivity index (χ3v) is 4.95. The van der Waals surface area contributed by atoms with Crippen LogP contribution in [-0.2, 0) is 16.4 Å². The van der Waals surface area contributed by atoms with Gasteiger partial charge >= 0.3 is 0 Å². The molecule has 0 unspecified atom stereocenters. The molecule has 2 rings (SSSR count). The molecule has 0 aromatic heterocycles. The molecular weight excluding hydrogens is 320 g/mol. The van der Waals surface area contributed by atoms with Crippen molar-refractivity contribution in [2.75, 3.05) is 0 Å². The van der Waals surface area contributed by atoms with Gasteiger partial charge in [0.1, 0.15) is 0 Å². The molecule has 1 N–H and O–H groups in total. The molecule has 0 amide bonds. The quantitative estimate of drug-likeness (QED) is 0.580. The molecule has 4 nitrogen and oxygen atoms in total. The normalized spacial score (nSPS) is 12.2. The molecule has 2 aromatic rings. The Morgan fingerprint density at radius 1 is 1.04 bits per heavy atom. The third kappa shape index (κ3) is 5.49. The number of rotatable bonds is 8. The molecule has 24 heavy (non-hydrogen) atoms. The van der Waals surface area contributed by atoms with Gasteiger partial charge in [-0.2, -0.15) is 13.5 Å². The maximum absolute atomic E-state index is 12.4. The van der Waals surface area contributed by atoms with Crippen molar-refractivity contribution in [3.8, 4) is 0 Å². The minimum Gasteiger partial charge on any atom is -0.200 e. The number of hydrazone groups is 1. The lowest BCUT2D eigenvalue weighted by Gasteiger charge is -2.09. The van der Waals surface area contributed by atoms with E-state index < -0.39 is 10.0 Å². The van der Waals surface area contributed by atoms with Crippen LogP contribution in [0.25, 0.3) is 0 Å². The minimum atomic E-state index is -3.63. The smallest absolute Gasteiger partial charge is 0.200 e. The van der Waals surface area contributed by atoms with Gasteiger partial charge in [-0.15, -0.1) is 0 Å². The van der Waals surface area contributed by atoms with Crippen molar-refractivity contribution in [2.24, 2.45) is 5.10 Å². The van der Waals surface area contributed by atoms with Crippen LogP contribution >= 0.6 is 0 Å². The van der Waals surface area contributed by atoms with E-state index in [-0.39, 0.29) is 4.90 Å². The average Bonchev–Trinajstić information content (AvgIpc) is 2.58. The van der Waals surface area contributed by atoms with Gasteiger partial charge in [0.05, 0.1) is 4.90 Å². The molecule has 0 saturated carbocycles. The second-order valence-corrected chi connectivity index (χ2v) is 7.51. The summed E-state index contributed by atoms with van der Waals surface area (Å²) in [7, 11) is -3.63. The van der Waals surface area contributed by atoms with Gasteiger partial charge in [-0.3, -0.25) is 0 Å². The molecule has 0 radical (unpaired) electrons. The predicted molar refractivity (Wildman–Crippen MR) is 98.6 cm³/mol. The Labute approximate surface area is 144 Å². The molecule has 0 spiro atoms. The first-order valence-corrected chi connectivity index (χ1v) is 9.67. The Hall–Kier alpha value is -2.14. The van der Waals surface area contributed by atoms with Crippen LogP contribution in [0.3, 0.4) is 0 Å². The van der Waals surface area contributed by atoms with Gasteiger partial charge in [0.25, 0.3) is 10.0 Å². The zero-order chi connectivity index (χ0) is 17.4. The fourth-order valence-corrected chi connectivity index (χ4v) is 3.14. The highest BCUT2D eigenvalue weighted by Crippen LogP contribution is 2.11. The largest absolute Gasteiger partial charge is 0.276 e. The van der Waals surface area contributed by atoms with E-state index >= 15 is 0 Å². The summed E-state index contributed by atoms with van der Waals surface area (Å²) in [5.41, 5.74) is 2.99. The molecular formula is C19H24N2O2S. The number of hydrogen-bond acceptors (Lipinski definition) is 3. The SMILES string of the molecule is CCCCC(Cc1ccccc1)=NNS(=O)(=O)c1ccc(C)cc1. The van der Waals surface area contributed by atoms with Crippen LogP contribution in [-0.4, -0.2) is 14.1 Å². The summed E-state index contributed by atoms with van der Waals surface area (Å²) in [6, 6.07) is 16.7. The minimum absolute atomic E-state index is 0.228. The van der Waals surface area contributed by atoms with Crippen molar-refractivity contribution in [3.05, 3.63) is 65.7 Å². The molecule has 128 valence electrons. The molecule has 0 atom stereocenters. The van der Waals surface area contributed by atoms with E-state index in [0.717, 1.165) is 36.1 Å². The fourth-order valence-electron chi connectivity index (χ4n) is 2.29. The van der Waals surface area contributed by atoms with Gasteiger partial charge in [-0.1, -0.05) is 61.4 Å². The van der Waals surface area contributed by atoms with Crippen molar-refractivity contribution in [1.82, 2.24) is 4.83 Å². The molecule has 5 heteroatoms. The van der Waals surface area contributed by atoms with Crippen LogP contribution in [0.2, 0.25) is 0 Å². The summed E-state index contributed by atoms with van der Waals surface area (Å²) in [4.78, 5) is 2.61. The molecule has 2 aromatic carbocycles. The number of hydrogen-bond donors (Lipinski definition) is 1. The van der Waals surface area contributed by atoms with Crippen molar-refractivity contribution >= 4 is 15.7 Å². The summed E-state index contributed by atoms with van der Waals surface area (Å²) in [6.07, 6.45) is 3.45. The Morgan fingerprint density at radius 3 is 2.33 bits per heavy atom. The van der Waals surface area contributed by atoms with Gasteiger partial charge in [-0.25, -0.2) is 4.83 Å². The number of benzene rings is 2. The Kier molecular flexibility index (Phi) is 6.55. The summed E-state index contributed by atoms with van der Waals surface area (Å²) >= 11 is 0. The average molecular weight is 344 g/mol. The highest BCUT2D eigenvalue weighted by molar-refractivity contribution is 7.89. The molecule has 0 bridgehead atoms. The first-order valence-electron chi connectivity index (χ1n) is 8.19. The second-order valence-electron chi connectivity index (χ2n) is 5.85. The van der Waals surface area contributed by atoms with Crippen LogP contribution < -0.4 is 4.83 Å². The van der Waals surface area contributed by atoms with Crippen LogP contribution in [0.1, 0.15) is 37.3 Å². The lowest BCUT2D eigenvalue weighted by molar-refractivity contribution is 0.584. The number of nitrogens with zero attached hydrogens (tertiary/aromatic N) is 1. The fraction of sp³-hybridized carbons (Fsp3) is 0.316. The van der Waals surface area contributed by atoms with Crippen molar-refractivity contribution in [3.63, 3.8) is 0 Å². The van der Waals surface area contributed by atoms with E-state index in [1.54, 1.807) is 24.3 Å². The van der Waals surface area contributed by atoms with Crippen molar-refractivity contribution < 1.29 is 8.42 Å². The molecule has 0 heterocycles. The van der Waals surface area contributed by atoms with Gasteiger partial charge in [0.15, 0.2) is 0 Å². The van der Waals surface area contributed by atoms with Gasteiger partial charge < -0.3 is 0 Å². The maximum atomic E-state index is 12.4. The lowest BCUT2D eigenvalue weighted by Crippen LogP contribution is -2.21.